The third kappa shape index (κ3) is 3.28. The van der Waals surface area contributed by atoms with Crippen molar-refractivity contribution in [2.75, 3.05) is 10.9 Å². The molecule has 2 N–H and O–H groups in total. The molecule has 1 atom stereocenters. The zero-order valence-electron chi connectivity index (χ0n) is 14.1. The second kappa shape index (κ2) is 6.80. The molecule has 3 rings (SSSR count). The Morgan fingerprint density at radius 2 is 1.92 bits per heavy atom. The Morgan fingerprint density at radius 1 is 1.19 bits per heavy atom. The van der Waals surface area contributed by atoms with Gasteiger partial charge in [0.25, 0.3) is 15.9 Å². The number of carbonyl (C=O) groups is 2. The number of benzene rings is 2. The van der Waals surface area contributed by atoms with Crippen molar-refractivity contribution in [3.8, 4) is 0 Å². The van der Waals surface area contributed by atoms with Gasteiger partial charge in [0.2, 0.25) is 0 Å². The number of primary amides is 1. The molecule has 1 heterocycles. The summed E-state index contributed by atoms with van der Waals surface area (Å²) in [5.74, 6) is -1.60. The summed E-state index contributed by atoms with van der Waals surface area (Å²) in [4.78, 5) is 22.7. The second-order valence-corrected chi connectivity index (χ2v) is 7.87. The number of sulfonamides is 1. The molecule has 1 aliphatic rings. The number of rotatable bonds is 5. The van der Waals surface area contributed by atoms with E-state index in [0.29, 0.717) is 12.1 Å². The van der Waals surface area contributed by atoms with E-state index in [1.165, 1.54) is 28.6 Å². The van der Waals surface area contributed by atoms with Gasteiger partial charge in [-0.15, -0.1) is 0 Å². The van der Waals surface area contributed by atoms with Gasteiger partial charge in [0.1, 0.15) is 0 Å². The summed E-state index contributed by atoms with van der Waals surface area (Å²) < 4.78 is 32.4. The molecule has 2 aromatic rings. The predicted molar refractivity (Wildman–Crippen MR) is 95.2 cm³/mol. The van der Waals surface area contributed by atoms with Crippen LogP contribution in [0.4, 0.5) is 5.69 Å². The highest BCUT2D eigenvalue weighted by atomic mass is 32.2. The fraction of sp³-hybridized carbons (Fsp3) is 0.222. The lowest BCUT2D eigenvalue weighted by Gasteiger charge is -2.24. The summed E-state index contributed by atoms with van der Waals surface area (Å²) in [5, 5.41) is 0. The molecule has 1 aliphatic heterocycles. The largest absolute Gasteiger partial charge is 0.452 e. The molecule has 0 aromatic heterocycles. The molecule has 0 unspecified atom stereocenters. The number of fused-ring (bicyclic) bond motifs is 1. The highest BCUT2D eigenvalue weighted by Gasteiger charge is 2.36. The normalized spacial score (nSPS) is 16.2. The number of nitrogens with two attached hydrogens (primary N) is 1. The number of hydrogen-bond donors (Lipinski definition) is 1. The van der Waals surface area contributed by atoms with E-state index in [2.05, 4.69) is 0 Å². The van der Waals surface area contributed by atoms with E-state index in [0.717, 1.165) is 5.56 Å². The summed E-state index contributed by atoms with van der Waals surface area (Å²) in [6.45, 7) is 1.27. The fourth-order valence-electron chi connectivity index (χ4n) is 3.02. The maximum atomic E-state index is 13.1. The predicted octanol–water partition coefficient (Wildman–Crippen LogP) is 1.47. The van der Waals surface area contributed by atoms with E-state index in [1.807, 2.05) is 19.1 Å². The molecule has 0 spiro atoms. The van der Waals surface area contributed by atoms with Gasteiger partial charge in [0, 0.05) is 6.04 Å². The molecular formula is C18H18N2O5S. The summed E-state index contributed by atoms with van der Waals surface area (Å²) in [5.41, 5.74) is 6.58. The second-order valence-electron chi connectivity index (χ2n) is 6.05. The van der Waals surface area contributed by atoms with Crippen molar-refractivity contribution in [2.45, 2.75) is 24.3 Å². The third-order valence-electron chi connectivity index (χ3n) is 4.12. The minimum atomic E-state index is -3.85. The number of hydrogen-bond acceptors (Lipinski definition) is 5. The van der Waals surface area contributed by atoms with Crippen LogP contribution in [0.2, 0.25) is 0 Å². The van der Waals surface area contributed by atoms with Gasteiger partial charge in [-0.1, -0.05) is 24.3 Å². The van der Waals surface area contributed by atoms with Crippen molar-refractivity contribution in [1.29, 1.82) is 0 Å². The molecule has 2 aromatic carbocycles. The number of nitrogens with zero attached hydrogens (tertiary/aromatic N) is 1. The molecular weight excluding hydrogens is 356 g/mol. The number of esters is 1. The van der Waals surface area contributed by atoms with E-state index in [-0.39, 0.29) is 16.5 Å². The Labute approximate surface area is 151 Å². The highest BCUT2D eigenvalue weighted by molar-refractivity contribution is 7.92. The zero-order valence-corrected chi connectivity index (χ0v) is 14.9. The van der Waals surface area contributed by atoms with E-state index in [9.17, 15) is 18.0 Å². The monoisotopic (exact) mass is 374 g/mol. The maximum absolute atomic E-state index is 13.1. The van der Waals surface area contributed by atoms with Crippen molar-refractivity contribution in [3.63, 3.8) is 0 Å². The standard InChI is InChI=1S/C18H18N2O5S/c1-12-9-13-5-2-3-8-16(13)20(12)26(23,24)15-7-4-6-14(10-15)18(22)25-11-17(19)21/h2-8,10,12H,9,11H2,1H3,(H2,19,21)/t12-/m0/s1. The van der Waals surface area contributed by atoms with E-state index < -0.39 is 28.5 Å². The molecule has 7 nitrogen and oxygen atoms in total. The van der Waals surface area contributed by atoms with Gasteiger partial charge in [-0.2, -0.15) is 0 Å². The SMILES string of the molecule is C[C@H]1Cc2ccccc2N1S(=O)(=O)c1cccc(C(=O)OCC(N)=O)c1. The number of para-hydroxylation sites is 1. The minimum absolute atomic E-state index is 0.0189. The van der Waals surface area contributed by atoms with Crippen LogP contribution in [0.5, 0.6) is 0 Å². The van der Waals surface area contributed by atoms with Gasteiger partial charge in [-0.05, 0) is 43.2 Å². The maximum Gasteiger partial charge on any atom is 0.338 e. The van der Waals surface area contributed by atoms with Crippen molar-refractivity contribution in [2.24, 2.45) is 5.73 Å². The Balaban J connectivity index is 1.95. The molecule has 26 heavy (non-hydrogen) atoms. The van der Waals surface area contributed by atoms with Gasteiger partial charge in [0.05, 0.1) is 16.1 Å². The van der Waals surface area contributed by atoms with Crippen LogP contribution in [-0.4, -0.2) is 32.9 Å². The minimum Gasteiger partial charge on any atom is -0.452 e. The Kier molecular flexibility index (Phi) is 4.69. The first-order valence-corrected chi connectivity index (χ1v) is 9.42. The van der Waals surface area contributed by atoms with Gasteiger partial charge < -0.3 is 10.5 Å². The van der Waals surface area contributed by atoms with Crippen molar-refractivity contribution in [3.05, 3.63) is 59.7 Å². The van der Waals surface area contributed by atoms with Crippen LogP contribution in [0.25, 0.3) is 0 Å². The van der Waals surface area contributed by atoms with Crippen LogP contribution < -0.4 is 10.0 Å². The summed E-state index contributed by atoms with van der Waals surface area (Å²) in [6.07, 6.45) is 0.621. The van der Waals surface area contributed by atoms with Crippen LogP contribution in [0.1, 0.15) is 22.8 Å². The molecule has 0 fully saturated rings. The Morgan fingerprint density at radius 3 is 2.65 bits per heavy atom. The quantitative estimate of drug-likeness (QED) is 0.798. The lowest BCUT2D eigenvalue weighted by Crippen LogP contribution is -2.35. The third-order valence-corrected chi connectivity index (χ3v) is 6.04. The zero-order chi connectivity index (χ0) is 18.9. The first-order chi connectivity index (χ1) is 12.3. The van der Waals surface area contributed by atoms with E-state index in [1.54, 1.807) is 12.1 Å². The first-order valence-electron chi connectivity index (χ1n) is 7.98. The molecule has 0 radical (unpaired) electrons. The van der Waals surface area contributed by atoms with Crippen LogP contribution in [0, 0.1) is 0 Å². The first kappa shape index (κ1) is 17.9. The summed E-state index contributed by atoms with van der Waals surface area (Å²) >= 11 is 0. The lowest BCUT2D eigenvalue weighted by molar-refractivity contribution is -0.121. The van der Waals surface area contributed by atoms with Gasteiger partial charge in [-0.3, -0.25) is 9.10 Å². The van der Waals surface area contributed by atoms with Crippen LogP contribution in [-0.2, 0) is 26.0 Å². The van der Waals surface area contributed by atoms with Crippen molar-refractivity contribution in [1.82, 2.24) is 0 Å². The fourth-order valence-corrected chi connectivity index (χ4v) is 4.76. The molecule has 0 bridgehead atoms. The smallest absolute Gasteiger partial charge is 0.338 e. The Hall–Kier alpha value is -2.87. The van der Waals surface area contributed by atoms with Crippen molar-refractivity contribution >= 4 is 27.6 Å². The molecule has 136 valence electrons. The van der Waals surface area contributed by atoms with Gasteiger partial charge >= 0.3 is 5.97 Å². The number of ether oxygens (including phenoxy) is 1. The Bertz CT molecular complexity index is 971. The van der Waals surface area contributed by atoms with E-state index >= 15 is 0 Å². The number of amides is 1. The molecule has 0 saturated heterocycles. The van der Waals surface area contributed by atoms with Gasteiger partial charge in [0.15, 0.2) is 6.61 Å². The molecule has 8 heteroatoms. The summed E-state index contributed by atoms with van der Waals surface area (Å²) in [7, 11) is -3.85. The average molecular weight is 374 g/mol. The van der Waals surface area contributed by atoms with Gasteiger partial charge in [-0.25, -0.2) is 13.2 Å². The molecule has 0 saturated carbocycles. The van der Waals surface area contributed by atoms with Crippen LogP contribution in [0.15, 0.2) is 53.4 Å². The molecule has 1 amide bonds. The van der Waals surface area contributed by atoms with Crippen LogP contribution in [0.3, 0.4) is 0 Å². The number of anilines is 1. The highest BCUT2D eigenvalue weighted by Crippen LogP contribution is 2.36. The number of carbonyl (C=O) groups excluding carboxylic acids is 2. The van der Waals surface area contributed by atoms with Crippen LogP contribution >= 0.6 is 0 Å². The lowest BCUT2D eigenvalue weighted by atomic mass is 10.1. The topological polar surface area (TPSA) is 107 Å². The van der Waals surface area contributed by atoms with E-state index in [4.69, 9.17) is 10.5 Å². The van der Waals surface area contributed by atoms with Crippen molar-refractivity contribution < 1.29 is 22.7 Å². The average Bonchev–Trinajstić information content (AvgIpc) is 2.96. The summed E-state index contributed by atoms with van der Waals surface area (Å²) in [6, 6.07) is 12.6. The molecule has 0 aliphatic carbocycles.